The van der Waals surface area contributed by atoms with Crippen molar-refractivity contribution in [3.8, 4) is 0 Å². The summed E-state index contributed by atoms with van der Waals surface area (Å²) in [6.07, 6.45) is 8.30. The van der Waals surface area contributed by atoms with Gasteiger partial charge in [0.15, 0.2) is 0 Å². The van der Waals surface area contributed by atoms with Crippen LogP contribution in [0.25, 0.3) is 0 Å². The molecule has 198 valence electrons. The molecular formula is C30H48O5. The van der Waals surface area contributed by atoms with E-state index in [0.717, 1.165) is 38.5 Å². The van der Waals surface area contributed by atoms with Crippen molar-refractivity contribution < 1.29 is 25.2 Å². The lowest BCUT2D eigenvalue weighted by Gasteiger charge is -2.71. The van der Waals surface area contributed by atoms with Gasteiger partial charge >= 0.3 is 5.97 Å². The number of fused-ring (bicyclic) bond motifs is 7. The standard InChI is InChI=1S/C30H48O5/c1-25(2)13-14-30(24(34)35)19(15-25)18-7-8-21-26(3)11-10-22(32)27(4,17-31)20(26)9-12-28(21,5)29(18,6)16-23(30)33/h7,19-23,31-33H,8-17H2,1-6H3,(H,34,35)/t19-,20?,21?,22-,23+,26-,27-,28+,29+,30+/m0/s1. The highest BCUT2D eigenvalue weighted by molar-refractivity contribution is 5.77. The van der Waals surface area contributed by atoms with Crippen molar-refractivity contribution >= 4 is 5.97 Å². The zero-order valence-corrected chi connectivity index (χ0v) is 22.7. The maximum absolute atomic E-state index is 12.8. The Kier molecular flexibility index (Phi) is 5.56. The highest BCUT2D eigenvalue weighted by Crippen LogP contribution is 2.75. The average molecular weight is 489 g/mol. The monoisotopic (exact) mass is 488 g/mol. The van der Waals surface area contributed by atoms with Crippen LogP contribution < -0.4 is 0 Å². The van der Waals surface area contributed by atoms with Crippen LogP contribution in [0.15, 0.2) is 11.6 Å². The minimum atomic E-state index is -1.07. The van der Waals surface area contributed by atoms with Gasteiger partial charge in [-0.2, -0.15) is 0 Å². The molecule has 35 heavy (non-hydrogen) atoms. The van der Waals surface area contributed by atoms with E-state index >= 15 is 0 Å². The number of carbonyl (C=O) groups is 1. The van der Waals surface area contributed by atoms with Gasteiger partial charge in [-0.05, 0) is 97.2 Å². The zero-order valence-electron chi connectivity index (χ0n) is 22.7. The number of rotatable bonds is 2. The van der Waals surface area contributed by atoms with Crippen molar-refractivity contribution in [3.63, 3.8) is 0 Å². The van der Waals surface area contributed by atoms with E-state index in [2.05, 4.69) is 47.6 Å². The van der Waals surface area contributed by atoms with Gasteiger partial charge in [-0.1, -0.05) is 53.2 Å². The van der Waals surface area contributed by atoms with Crippen LogP contribution in [-0.2, 0) is 4.79 Å². The SMILES string of the molecule is CC1(C)CC[C@]2(C(=O)O)[C@H](O)C[C@]3(C)C(=CCC4[C@@]5(C)CC[C@H](O)[C@@](C)(CO)C5CC[C@]43C)[C@@H]2C1. The number of carboxylic acids is 1. The van der Waals surface area contributed by atoms with E-state index in [1.807, 2.05) is 0 Å². The Labute approximate surface area is 211 Å². The van der Waals surface area contributed by atoms with E-state index in [1.54, 1.807) is 0 Å². The molecular weight excluding hydrogens is 440 g/mol. The Morgan fingerprint density at radius 1 is 0.914 bits per heavy atom. The summed E-state index contributed by atoms with van der Waals surface area (Å²) in [6, 6.07) is 0. The van der Waals surface area contributed by atoms with E-state index in [1.165, 1.54) is 5.57 Å². The first-order valence-corrected chi connectivity index (χ1v) is 14.0. The zero-order chi connectivity index (χ0) is 25.8. The van der Waals surface area contributed by atoms with E-state index < -0.39 is 29.0 Å². The van der Waals surface area contributed by atoms with Gasteiger partial charge in [0.1, 0.15) is 5.41 Å². The van der Waals surface area contributed by atoms with Gasteiger partial charge in [0, 0.05) is 5.41 Å². The van der Waals surface area contributed by atoms with Crippen LogP contribution in [0.5, 0.6) is 0 Å². The third kappa shape index (κ3) is 3.01. The highest BCUT2D eigenvalue weighted by Gasteiger charge is 2.71. The highest BCUT2D eigenvalue weighted by atomic mass is 16.4. The van der Waals surface area contributed by atoms with E-state index in [-0.39, 0.29) is 40.1 Å². The molecule has 0 amide bonds. The van der Waals surface area contributed by atoms with Gasteiger partial charge in [0.25, 0.3) is 0 Å². The van der Waals surface area contributed by atoms with Gasteiger partial charge in [-0.15, -0.1) is 0 Å². The Bertz CT molecular complexity index is 941. The lowest BCUT2D eigenvalue weighted by atomic mass is 9.33. The third-order valence-electron chi connectivity index (χ3n) is 13.2. The molecule has 10 atom stereocenters. The molecule has 0 bridgehead atoms. The van der Waals surface area contributed by atoms with Crippen molar-refractivity contribution in [2.24, 2.45) is 50.2 Å². The van der Waals surface area contributed by atoms with Crippen LogP contribution in [-0.4, -0.2) is 45.2 Å². The summed E-state index contributed by atoms with van der Waals surface area (Å²) < 4.78 is 0. The first kappa shape index (κ1) is 25.7. The van der Waals surface area contributed by atoms with Crippen LogP contribution in [0.3, 0.4) is 0 Å². The fraction of sp³-hybridized carbons (Fsp3) is 0.900. The van der Waals surface area contributed by atoms with Crippen LogP contribution in [0, 0.1) is 50.2 Å². The van der Waals surface area contributed by atoms with Crippen molar-refractivity contribution in [1.82, 2.24) is 0 Å². The van der Waals surface area contributed by atoms with Gasteiger partial charge in [0.2, 0.25) is 0 Å². The second kappa shape index (κ2) is 7.57. The number of carboxylic acid groups (broad SMARTS) is 1. The first-order valence-electron chi connectivity index (χ1n) is 14.0. The molecule has 4 fully saturated rings. The van der Waals surface area contributed by atoms with Crippen molar-refractivity contribution in [3.05, 3.63) is 11.6 Å². The Hall–Kier alpha value is -0.910. The maximum Gasteiger partial charge on any atom is 0.312 e. The van der Waals surface area contributed by atoms with Crippen LogP contribution in [0.1, 0.15) is 99.3 Å². The Morgan fingerprint density at radius 2 is 1.60 bits per heavy atom. The van der Waals surface area contributed by atoms with Gasteiger partial charge in [0.05, 0.1) is 18.8 Å². The number of aliphatic carboxylic acids is 1. The second-order valence-electron chi connectivity index (χ2n) is 15.0. The average Bonchev–Trinajstić information content (AvgIpc) is 2.76. The molecule has 4 N–H and O–H groups in total. The minimum absolute atomic E-state index is 0.00707. The van der Waals surface area contributed by atoms with Crippen molar-refractivity contribution in [2.75, 3.05) is 6.61 Å². The summed E-state index contributed by atoms with van der Waals surface area (Å²) in [4.78, 5) is 12.8. The molecule has 4 saturated carbocycles. The molecule has 5 rings (SSSR count). The van der Waals surface area contributed by atoms with Crippen LogP contribution >= 0.6 is 0 Å². The molecule has 0 saturated heterocycles. The number of hydrogen-bond acceptors (Lipinski definition) is 4. The van der Waals surface area contributed by atoms with Gasteiger partial charge < -0.3 is 20.4 Å². The van der Waals surface area contributed by atoms with Crippen molar-refractivity contribution in [1.29, 1.82) is 0 Å². The van der Waals surface area contributed by atoms with E-state index in [4.69, 9.17) is 0 Å². The Balaban J connectivity index is 1.63. The summed E-state index contributed by atoms with van der Waals surface area (Å²) >= 11 is 0. The predicted octanol–water partition coefficient (Wildman–Crippen LogP) is 5.18. The minimum Gasteiger partial charge on any atom is -0.481 e. The summed E-state index contributed by atoms with van der Waals surface area (Å²) in [5.74, 6) is -0.323. The number of aliphatic hydroxyl groups excluding tert-OH is 3. The molecule has 5 aliphatic rings. The first-order chi connectivity index (χ1) is 16.1. The van der Waals surface area contributed by atoms with Crippen molar-refractivity contribution in [2.45, 2.75) is 112 Å². The molecule has 0 heterocycles. The summed E-state index contributed by atoms with van der Waals surface area (Å²) in [7, 11) is 0. The smallest absolute Gasteiger partial charge is 0.312 e. The molecule has 5 heteroatoms. The van der Waals surface area contributed by atoms with Gasteiger partial charge in [-0.25, -0.2) is 0 Å². The molecule has 2 unspecified atom stereocenters. The molecule has 0 spiro atoms. The second-order valence-corrected chi connectivity index (χ2v) is 15.0. The molecule has 0 aromatic heterocycles. The Morgan fingerprint density at radius 3 is 2.23 bits per heavy atom. The molecule has 5 nitrogen and oxygen atoms in total. The fourth-order valence-electron chi connectivity index (χ4n) is 10.8. The quantitative estimate of drug-likeness (QED) is 0.402. The van der Waals surface area contributed by atoms with Crippen LogP contribution in [0.2, 0.25) is 0 Å². The lowest BCUT2D eigenvalue weighted by molar-refractivity contribution is -0.226. The molecule has 0 radical (unpaired) electrons. The topological polar surface area (TPSA) is 98.0 Å². The number of hydrogen-bond donors (Lipinski definition) is 4. The third-order valence-corrected chi connectivity index (χ3v) is 13.2. The van der Waals surface area contributed by atoms with E-state index in [9.17, 15) is 25.2 Å². The molecule has 0 aromatic carbocycles. The summed E-state index contributed by atoms with van der Waals surface area (Å²) in [6.45, 7) is 13.7. The molecule has 0 aliphatic heterocycles. The largest absolute Gasteiger partial charge is 0.481 e. The predicted molar refractivity (Wildman–Crippen MR) is 135 cm³/mol. The molecule has 0 aromatic rings. The lowest BCUT2D eigenvalue weighted by Crippen LogP contribution is -2.68. The molecule has 5 aliphatic carbocycles. The van der Waals surface area contributed by atoms with Crippen LogP contribution in [0.4, 0.5) is 0 Å². The summed E-state index contributed by atoms with van der Waals surface area (Å²) in [5, 5.41) is 43.5. The number of aliphatic hydroxyl groups is 3. The van der Waals surface area contributed by atoms with Gasteiger partial charge in [-0.3, -0.25) is 4.79 Å². The fourth-order valence-corrected chi connectivity index (χ4v) is 10.8. The van der Waals surface area contributed by atoms with E-state index in [0.29, 0.717) is 25.2 Å². The maximum atomic E-state index is 12.8. The normalized spacial score (nSPS) is 55.0. The summed E-state index contributed by atoms with van der Waals surface area (Å²) in [5.41, 5.74) is -0.522. The number of allylic oxidation sites excluding steroid dienone is 2.